The maximum atomic E-state index is 12.4. The number of benzene rings is 1. The second kappa shape index (κ2) is 13.9. The number of fused-ring (bicyclic) bond motifs is 1. The van der Waals surface area contributed by atoms with Gasteiger partial charge in [0.1, 0.15) is 17.4 Å². The Balaban J connectivity index is 1.42. The molecule has 2 heterocycles. The lowest BCUT2D eigenvalue weighted by atomic mass is 9.93. The molecular weight excluding hydrogens is 502 g/mol. The number of rotatable bonds is 14. The standard InChI is InChI=1S/C27H33N7O5/c1-4-28-23(37)13-19(16(2)35)12-22(36)6-5-11-29-26(38)18-7-9-20(10-8-18)30-14-21-15-31-25-24(34-21)27(39)33-17(3)32-25/h7-10,15,19,30H,4-6,11-14H2,1-3H3,(H,28,37)(H,29,38)(H,31,32,33,39)/t19-/m0/s1. The first-order valence-corrected chi connectivity index (χ1v) is 12.8. The minimum atomic E-state index is -0.622. The van der Waals surface area contributed by atoms with Crippen LogP contribution >= 0.6 is 0 Å². The van der Waals surface area contributed by atoms with Crippen LogP contribution in [0.2, 0.25) is 0 Å². The van der Waals surface area contributed by atoms with Gasteiger partial charge in [0.25, 0.3) is 11.5 Å². The summed E-state index contributed by atoms with van der Waals surface area (Å²) in [5.41, 5.74) is 1.90. The Kier molecular flexibility index (Phi) is 10.4. The molecule has 2 aromatic heterocycles. The molecule has 3 rings (SSSR count). The van der Waals surface area contributed by atoms with Crippen molar-refractivity contribution in [1.29, 1.82) is 0 Å². The zero-order chi connectivity index (χ0) is 28.4. The van der Waals surface area contributed by atoms with Gasteiger partial charge in [-0.05, 0) is 51.5 Å². The number of aryl methyl sites for hydroxylation is 1. The van der Waals surface area contributed by atoms with E-state index in [-0.39, 0.29) is 59.4 Å². The first kappa shape index (κ1) is 29.1. The summed E-state index contributed by atoms with van der Waals surface area (Å²) in [6.07, 6.45) is 2.22. The van der Waals surface area contributed by atoms with E-state index in [1.165, 1.54) is 6.92 Å². The molecule has 0 unspecified atom stereocenters. The number of H-pyrrole nitrogens is 1. The molecule has 0 fully saturated rings. The maximum Gasteiger partial charge on any atom is 0.279 e. The predicted octanol–water partition coefficient (Wildman–Crippen LogP) is 1.83. The van der Waals surface area contributed by atoms with E-state index >= 15 is 0 Å². The molecule has 0 spiro atoms. The summed E-state index contributed by atoms with van der Waals surface area (Å²) >= 11 is 0. The van der Waals surface area contributed by atoms with Crippen molar-refractivity contribution in [2.45, 2.75) is 53.0 Å². The van der Waals surface area contributed by atoms with Crippen LogP contribution in [-0.2, 0) is 20.9 Å². The molecule has 0 radical (unpaired) electrons. The fraction of sp³-hybridized carbons (Fsp3) is 0.407. The van der Waals surface area contributed by atoms with E-state index in [0.717, 1.165) is 5.69 Å². The third kappa shape index (κ3) is 8.80. The number of anilines is 1. The molecule has 2 amide bonds. The van der Waals surface area contributed by atoms with Gasteiger partial charge in [-0.3, -0.25) is 24.0 Å². The van der Waals surface area contributed by atoms with Crippen LogP contribution in [0.5, 0.6) is 0 Å². The van der Waals surface area contributed by atoms with Crippen molar-refractivity contribution in [1.82, 2.24) is 30.6 Å². The number of aromatic amines is 1. The highest BCUT2D eigenvalue weighted by Gasteiger charge is 2.21. The Morgan fingerprint density at radius 2 is 1.77 bits per heavy atom. The zero-order valence-electron chi connectivity index (χ0n) is 22.3. The van der Waals surface area contributed by atoms with E-state index < -0.39 is 5.92 Å². The average Bonchev–Trinajstić information content (AvgIpc) is 2.90. The van der Waals surface area contributed by atoms with E-state index in [4.69, 9.17) is 0 Å². The Morgan fingerprint density at radius 1 is 1.03 bits per heavy atom. The number of carbonyl (C=O) groups is 4. The summed E-state index contributed by atoms with van der Waals surface area (Å²) in [6.45, 7) is 5.95. The fourth-order valence-electron chi connectivity index (χ4n) is 3.90. The van der Waals surface area contributed by atoms with Crippen LogP contribution in [0, 0.1) is 12.8 Å². The number of nitrogens with one attached hydrogen (secondary N) is 4. The molecule has 206 valence electrons. The summed E-state index contributed by atoms with van der Waals surface area (Å²) in [5.74, 6) is -0.967. The maximum absolute atomic E-state index is 12.4. The van der Waals surface area contributed by atoms with Crippen LogP contribution in [0.1, 0.15) is 61.4 Å². The number of carbonyl (C=O) groups excluding carboxylic acids is 4. The van der Waals surface area contributed by atoms with Crippen LogP contribution in [-0.4, -0.2) is 56.4 Å². The molecule has 0 bridgehead atoms. The molecule has 0 saturated carbocycles. The number of nitrogens with zero attached hydrogens (tertiary/aromatic N) is 3. The van der Waals surface area contributed by atoms with Crippen LogP contribution in [0.4, 0.5) is 5.69 Å². The molecule has 12 nitrogen and oxygen atoms in total. The first-order chi connectivity index (χ1) is 18.7. The van der Waals surface area contributed by atoms with Crippen molar-refractivity contribution in [3.05, 3.63) is 57.9 Å². The summed E-state index contributed by atoms with van der Waals surface area (Å²) in [7, 11) is 0. The topological polar surface area (TPSA) is 176 Å². The number of ketones is 2. The third-order valence-electron chi connectivity index (χ3n) is 5.98. The van der Waals surface area contributed by atoms with E-state index in [1.807, 2.05) is 0 Å². The third-order valence-corrected chi connectivity index (χ3v) is 5.98. The Bertz CT molecular complexity index is 1400. The van der Waals surface area contributed by atoms with Gasteiger partial charge in [0.05, 0.1) is 18.4 Å². The highest BCUT2D eigenvalue weighted by Crippen LogP contribution is 2.14. The van der Waals surface area contributed by atoms with E-state index in [9.17, 15) is 24.0 Å². The van der Waals surface area contributed by atoms with Gasteiger partial charge in [-0.2, -0.15) is 0 Å². The fourth-order valence-corrected chi connectivity index (χ4v) is 3.90. The van der Waals surface area contributed by atoms with Gasteiger partial charge in [-0.1, -0.05) is 0 Å². The zero-order valence-corrected chi connectivity index (χ0v) is 22.3. The van der Waals surface area contributed by atoms with Gasteiger partial charge >= 0.3 is 0 Å². The van der Waals surface area contributed by atoms with Gasteiger partial charge in [0.2, 0.25) is 5.91 Å². The summed E-state index contributed by atoms with van der Waals surface area (Å²) < 4.78 is 0. The second-order valence-corrected chi connectivity index (χ2v) is 9.18. The van der Waals surface area contributed by atoms with Gasteiger partial charge in [-0.25, -0.2) is 15.0 Å². The van der Waals surface area contributed by atoms with E-state index in [1.54, 1.807) is 44.3 Å². The van der Waals surface area contributed by atoms with Gasteiger partial charge in [0, 0.05) is 49.5 Å². The minimum absolute atomic E-state index is 0.00315. The molecule has 0 aliphatic heterocycles. The van der Waals surface area contributed by atoms with Crippen molar-refractivity contribution < 1.29 is 19.2 Å². The lowest BCUT2D eigenvalue weighted by molar-refractivity contribution is -0.130. The summed E-state index contributed by atoms with van der Waals surface area (Å²) in [5, 5.41) is 8.60. The molecule has 39 heavy (non-hydrogen) atoms. The molecule has 0 aliphatic carbocycles. The molecule has 0 saturated heterocycles. The van der Waals surface area contributed by atoms with Gasteiger partial charge < -0.3 is 20.9 Å². The quantitative estimate of drug-likeness (QED) is 0.224. The van der Waals surface area contributed by atoms with Crippen molar-refractivity contribution in [2.24, 2.45) is 5.92 Å². The van der Waals surface area contributed by atoms with Crippen LogP contribution in [0.15, 0.2) is 35.3 Å². The molecule has 4 N–H and O–H groups in total. The molecule has 1 atom stereocenters. The SMILES string of the molecule is CCNC(=O)C[C@H](CC(=O)CCCNC(=O)c1ccc(NCc2cnc3nc(C)[nH]c(=O)c3n2)cc1)C(C)=O. The highest BCUT2D eigenvalue weighted by molar-refractivity contribution is 5.94. The van der Waals surface area contributed by atoms with E-state index in [0.29, 0.717) is 43.1 Å². The number of hydrogen-bond donors (Lipinski definition) is 4. The number of Topliss-reactive ketones (excluding diaryl/α,β-unsaturated/α-hetero) is 2. The highest BCUT2D eigenvalue weighted by atomic mass is 16.2. The van der Waals surface area contributed by atoms with Gasteiger partial charge in [0.15, 0.2) is 11.2 Å². The van der Waals surface area contributed by atoms with Crippen molar-refractivity contribution in [3.63, 3.8) is 0 Å². The van der Waals surface area contributed by atoms with Crippen LogP contribution in [0.25, 0.3) is 11.2 Å². The Hall–Kier alpha value is -4.48. The molecule has 12 heteroatoms. The second-order valence-electron chi connectivity index (χ2n) is 9.18. The van der Waals surface area contributed by atoms with Crippen molar-refractivity contribution >= 4 is 40.2 Å². The number of aromatic nitrogens is 4. The van der Waals surface area contributed by atoms with E-state index in [2.05, 4.69) is 35.9 Å². The predicted molar refractivity (Wildman–Crippen MR) is 145 cm³/mol. The number of hydrogen-bond acceptors (Lipinski definition) is 9. The van der Waals surface area contributed by atoms with Crippen LogP contribution < -0.4 is 21.5 Å². The van der Waals surface area contributed by atoms with Crippen molar-refractivity contribution in [2.75, 3.05) is 18.4 Å². The molecule has 3 aromatic rings. The smallest absolute Gasteiger partial charge is 0.279 e. The summed E-state index contributed by atoms with van der Waals surface area (Å²) in [6, 6.07) is 6.85. The van der Waals surface area contributed by atoms with Crippen molar-refractivity contribution in [3.8, 4) is 0 Å². The summed E-state index contributed by atoms with van der Waals surface area (Å²) in [4.78, 5) is 75.6. The first-order valence-electron chi connectivity index (χ1n) is 12.8. The largest absolute Gasteiger partial charge is 0.379 e. The molecule has 1 aromatic carbocycles. The minimum Gasteiger partial charge on any atom is -0.379 e. The molecular formula is C27H33N7O5. The molecule has 0 aliphatic rings. The Labute approximate surface area is 225 Å². The monoisotopic (exact) mass is 535 g/mol. The lowest BCUT2D eigenvalue weighted by Crippen LogP contribution is -2.29. The van der Waals surface area contributed by atoms with Crippen LogP contribution in [0.3, 0.4) is 0 Å². The van der Waals surface area contributed by atoms with Gasteiger partial charge in [-0.15, -0.1) is 0 Å². The Morgan fingerprint density at radius 3 is 2.46 bits per heavy atom. The lowest BCUT2D eigenvalue weighted by Gasteiger charge is -2.13. The normalized spacial score (nSPS) is 11.6. The number of amides is 2. The average molecular weight is 536 g/mol.